The molecule has 2 bridgehead atoms. The van der Waals surface area contributed by atoms with Crippen LogP contribution in [0.3, 0.4) is 0 Å². The van der Waals surface area contributed by atoms with E-state index >= 15 is 0 Å². The molecular weight excluding hydrogens is 656 g/mol. The summed E-state index contributed by atoms with van der Waals surface area (Å²) in [4.78, 5) is 60.2. The number of hydrogen-bond acceptors (Lipinski definition) is 12. The molecule has 0 spiro atoms. The Hall–Kier alpha value is -3.66. The first kappa shape index (κ1) is 39.8. The molecule has 14 nitrogen and oxygen atoms in total. The summed E-state index contributed by atoms with van der Waals surface area (Å²) in [7, 11) is -3.91. The van der Waals surface area contributed by atoms with E-state index < -0.39 is 75.3 Å². The summed E-state index contributed by atoms with van der Waals surface area (Å²) in [5.74, 6) is -4.04. The molecule has 2 aliphatic heterocycles. The van der Waals surface area contributed by atoms with Gasteiger partial charge in [0.2, 0.25) is 11.8 Å². The highest BCUT2D eigenvalue weighted by Crippen LogP contribution is 2.30. The molecule has 49 heavy (non-hydrogen) atoms. The number of Topliss-reactive ketones (excluding diaryl/α,β-unsaturated/α-hetero) is 1. The molecule has 2 aliphatic rings. The number of oxazole rings is 1. The zero-order valence-electron chi connectivity index (χ0n) is 29.1. The van der Waals surface area contributed by atoms with Crippen molar-refractivity contribution in [2.45, 2.75) is 84.0 Å². The van der Waals surface area contributed by atoms with Crippen LogP contribution in [0.1, 0.15) is 64.3 Å². The Bertz CT molecular complexity index is 1530. The van der Waals surface area contributed by atoms with Crippen LogP contribution in [0.4, 0.5) is 0 Å². The van der Waals surface area contributed by atoms with E-state index in [0.29, 0.717) is 18.7 Å². The number of rotatable bonds is 7. The standard InChI is InChI=1S/C34H50N4O10S/c1-7-37(8-2)16-17-49(45,46)27-13-15-38-30(27)34(44)48-32(21(3)4)23(6)11-12-28(41)35-14-9-10-22(5)18-25(39)31(42)26(40)19-29-36-24(20-47-29)33(38)43/h9-12,18,20-21,23,25,27,30-32,39,42H,7-8,13-17,19H2,1-6H3,(H,35,41)/b10-9+,12-11+,22-18+/t23-,25-,27-,30-,31?,32-/m1/s1. The molecule has 272 valence electrons. The van der Waals surface area contributed by atoms with E-state index in [1.54, 1.807) is 32.1 Å². The number of nitrogens with zero attached hydrogens (tertiary/aromatic N) is 3. The van der Waals surface area contributed by atoms with Crippen molar-refractivity contribution in [1.29, 1.82) is 0 Å². The number of sulfone groups is 1. The molecule has 0 aliphatic carbocycles. The van der Waals surface area contributed by atoms with Crippen LogP contribution < -0.4 is 5.32 Å². The van der Waals surface area contributed by atoms with Gasteiger partial charge in [-0.25, -0.2) is 18.2 Å². The van der Waals surface area contributed by atoms with Crippen molar-refractivity contribution >= 4 is 33.4 Å². The SMILES string of the molecule is CCN(CC)CCS(=O)(=O)[C@@H]1CCN2C(=O)c3coc(n3)CC(=O)C(O)[C@H](O)/C=C(C)/C=C/CNC(=O)/C=C/[C@@H](C)[C@@H](C(C)C)OC(=O)[C@@H]12. The number of hydrogen-bond donors (Lipinski definition) is 3. The number of aliphatic hydroxyl groups excluding tert-OH is 2. The van der Waals surface area contributed by atoms with E-state index in [1.807, 2.05) is 32.6 Å². The molecule has 0 aromatic carbocycles. The molecule has 2 amide bonds. The maximum atomic E-state index is 14.0. The van der Waals surface area contributed by atoms with Gasteiger partial charge in [-0.15, -0.1) is 0 Å². The van der Waals surface area contributed by atoms with Crippen molar-refractivity contribution in [3.63, 3.8) is 0 Å². The van der Waals surface area contributed by atoms with Crippen LogP contribution >= 0.6 is 0 Å². The quantitative estimate of drug-likeness (QED) is 0.344. The van der Waals surface area contributed by atoms with E-state index in [-0.39, 0.29) is 49.3 Å². The molecule has 0 saturated carbocycles. The molecule has 1 unspecified atom stereocenters. The van der Waals surface area contributed by atoms with Gasteiger partial charge in [-0.05, 0) is 38.4 Å². The number of esters is 1. The second-order valence-corrected chi connectivity index (χ2v) is 15.1. The lowest BCUT2D eigenvalue weighted by Crippen LogP contribution is -2.50. The molecule has 3 N–H and O–H groups in total. The lowest BCUT2D eigenvalue weighted by Gasteiger charge is -2.31. The van der Waals surface area contributed by atoms with E-state index in [9.17, 15) is 37.8 Å². The Morgan fingerprint density at radius 2 is 1.82 bits per heavy atom. The van der Waals surface area contributed by atoms with Gasteiger partial charge in [0, 0.05) is 25.6 Å². The van der Waals surface area contributed by atoms with Crippen molar-refractivity contribution in [3.8, 4) is 0 Å². The number of carbonyl (C=O) groups is 4. The number of nitrogens with one attached hydrogen (secondary N) is 1. The lowest BCUT2D eigenvalue weighted by atomic mass is 9.94. The fourth-order valence-electron chi connectivity index (χ4n) is 5.96. The molecule has 3 rings (SSSR count). The average molecular weight is 707 g/mol. The maximum absolute atomic E-state index is 14.0. The molecule has 1 saturated heterocycles. The number of aromatic nitrogens is 1. The van der Waals surface area contributed by atoms with Crippen LogP contribution in [0.2, 0.25) is 0 Å². The second kappa shape index (κ2) is 17.8. The minimum absolute atomic E-state index is 0.0112. The smallest absolute Gasteiger partial charge is 0.330 e. The molecule has 0 radical (unpaired) electrons. The van der Waals surface area contributed by atoms with Gasteiger partial charge in [-0.3, -0.25) is 14.4 Å². The van der Waals surface area contributed by atoms with Crippen LogP contribution in [0.25, 0.3) is 0 Å². The number of ketones is 1. The number of fused-ring (bicyclic) bond motifs is 3. The van der Waals surface area contributed by atoms with Gasteiger partial charge in [0.15, 0.2) is 21.3 Å². The van der Waals surface area contributed by atoms with Crippen LogP contribution in [0, 0.1) is 11.8 Å². The summed E-state index contributed by atoms with van der Waals surface area (Å²) in [6.45, 7) is 12.5. The zero-order valence-corrected chi connectivity index (χ0v) is 29.9. The molecule has 3 heterocycles. The largest absolute Gasteiger partial charge is 0.460 e. The number of amides is 2. The average Bonchev–Trinajstić information content (AvgIpc) is 3.72. The van der Waals surface area contributed by atoms with Crippen LogP contribution in [-0.2, 0) is 35.4 Å². The van der Waals surface area contributed by atoms with E-state index in [4.69, 9.17) is 9.15 Å². The third kappa shape index (κ3) is 10.7. The van der Waals surface area contributed by atoms with Crippen LogP contribution in [-0.4, -0.2) is 125 Å². The van der Waals surface area contributed by atoms with Crippen molar-refractivity contribution in [2.24, 2.45) is 11.8 Å². The predicted molar refractivity (Wildman–Crippen MR) is 181 cm³/mol. The fourth-order valence-corrected chi connectivity index (χ4v) is 7.89. The number of ether oxygens (including phenoxy) is 1. The topological polar surface area (TPSA) is 197 Å². The maximum Gasteiger partial charge on any atom is 0.330 e. The Labute approximate surface area is 288 Å². The van der Waals surface area contributed by atoms with Gasteiger partial charge in [-0.2, -0.15) is 0 Å². The molecule has 1 aromatic rings. The minimum Gasteiger partial charge on any atom is -0.460 e. The summed E-state index contributed by atoms with van der Waals surface area (Å²) >= 11 is 0. The van der Waals surface area contributed by atoms with E-state index in [2.05, 4.69) is 10.3 Å². The van der Waals surface area contributed by atoms with Crippen LogP contribution in [0.5, 0.6) is 0 Å². The van der Waals surface area contributed by atoms with Crippen molar-refractivity contribution < 1.29 is 47.0 Å². The Kier molecular flexibility index (Phi) is 14.5. The van der Waals surface area contributed by atoms with Gasteiger partial charge in [-0.1, -0.05) is 64.5 Å². The summed E-state index contributed by atoms with van der Waals surface area (Å²) in [5, 5.41) is 22.3. The zero-order chi connectivity index (χ0) is 36.5. The van der Waals surface area contributed by atoms with Crippen LogP contribution in [0.15, 0.2) is 46.6 Å². The van der Waals surface area contributed by atoms with E-state index in [0.717, 1.165) is 11.2 Å². The van der Waals surface area contributed by atoms with Gasteiger partial charge in [0.1, 0.15) is 30.6 Å². The highest BCUT2D eigenvalue weighted by atomic mass is 32.2. The third-order valence-corrected chi connectivity index (χ3v) is 11.0. The first-order chi connectivity index (χ1) is 23.1. The van der Waals surface area contributed by atoms with Gasteiger partial charge in [0.25, 0.3) is 5.91 Å². The van der Waals surface area contributed by atoms with E-state index in [1.165, 1.54) is 12.2 Å². The number of cyclic esters (lactones) is 1. The fraction of sp³-hybridized carbons (Fsp3) is 0.618. The Morgan fingerprint density at radius 1 is 1.12 bits per heavy atom. The molecule has 1 fully saturated rings. The van der Waals surface area contributed by atoms with Crippen molar-refractivity contribution in [1.82, 2.24) is 20.1 Å². The minimum atomic E-state index is -3.91. The second-order valence-electron chi connectivity index (χ2n) is 12.8. The van der Waals surface area contributed by atoms with Crippen molar-refractivity contribution in [2.75, 3.05) is 38.5 Å². The first-order valence-electron chi connectivity index (χ1n) is 16.7. The van der Waals surface area contributed by atoms with Crippen molar-refractivity contribution in [3.05, 3.63) is 53.8 Å². The summed E-state index contributed by atoms with van der Waals surface area (Å²) in [5.41, 5.74) is 0.258. The first-order valence-corrected chi connectivity index (χ1v) is 18.4. The number of allylic oxidation sites excluding steroid dienone is 2. The highest BCUT2D eigenvalue weighted by molar-refractivity contribution is 7.92. The summed E-state index contributed by atoms with van der Waals surface area (Å²) in [6.07, 6.45) is 3.73. The molecule has 6 atom stereocenters. The van der Waals surface area contributed by atoms with Gasteiger partial charge < -0.3 is 34.5 Å². The molecule has 1 aromatic heterocycles. The lowest BCUT2D eigenvalue weighted by molar-refractivity contribution is -0.157. The number of aliphatic hydroxyl groups is 2. The normalized spacial score (nSPS) is 29.3. The number of carbonyl (C=O) groups excluding carboxylic acids is 4. The predicted octanol–water partition coefficient (Wildman–Crippen LogP) is 1.24. The van der Waals surface area contributed by atoms with Gasteiger partial charge in [0.05, 0.1) is 17.4 Å². The summed E-state index contributed by atoms with van der Waals surface area (Å²) in [6, 6.07) is -1.49. The van der Waals surface area contributed by atoms with Gasteiger partial charge >= 0.3 is 5.97 Å². The Morgan fingerprint density at radius 3 is 2.47 bits per heavy atom. The molecule has 15 heteroatoms. The Balaban J connectivity index is 2.02. The monoisotopic (exact) mass is 706 g/mol. The molecular formula is C34H50N4O10S. The summed E-state index contributed by atoms with van der Waals surface area (Å²) < 4.78 is 38.8. The highest BCUT2D eigenvalue weighted by Gasteiger charge is 2.50. The third-order valence-electron chi connectivity index (χ3n) is 8.83.